The molecular formula is C17H20N6O2. The molecule has 0 bridgehead atoms. The molecule has 0 radical (unpaired) electrons. The van der Waals surface area contributed by atoms with Gasteiger partial charge in [0.1, 0.15) is 17.0 Å². The van der Waals surface area contributed by atoms with Gasteiger partial charge < -0.3 is 9.64 Å². The van der Waals surface area contributed by atoms with Crippen molar-refractivity contribution in [3.05, 3.63) is 40.8 Å². The fourth-order valence-corrected chi connectivity index (χ4v) is 3.18. The molecule has 0 aliphatic carbocycles. The van der Waals surface area contributed by atoms with Crippen LogP contribution < -0.4 is 15.2 Å². The Morgan fingerprint density at radius 2 is 2.04 bits per heavy atom. The highest BCUT2D eigenvalue weighted by molar-refractivity contribution is 5.73. The highest BCUT2D eigenvalue weighted by atomic mass is 16.5. The Labute approximate surface area is 144 Å². The second-order valence-electron chi connectivity index (χ2n) is 6.41. The standard InChI is InChI=1S/C17H20N6O2/c1-11(2)23-16-14(9-19-23)17(24)22-5-4-21(10-15(22)20-16)12-6-13(25-3)8-18-7-12/h6-9,11H,4-5,10H2,1-3H3. The zero-order valence-electron chi connectivity index (χ0n) is 14.5. The summed E-state index contributed by atoms with van der Waals surface area (Å²) in [6.45, 7) is 5.90. The monoisotopic (exact) mass is 340 g/mol. The number of hydrogen-bond acceptors (Lipinski definition) is 6. The van der Waals surface area contributed by atoms with E-state index in [0.717, 1.165) is 11.5 Å². The lowest BCUT2D eigenvalue weighted by atomic mass is 10.2. The van der Waals surface area contributed by atoms with Crippen LogP contribution >= 0.6 is 0 Å². The van der Waals surface area contributed by atoms with Crippen LogP contribution in [0.4, 0.5) is 5.69 Å². The molecule has 3 aromatic rings. The molecule has 1 aliphatic heterocycles. The van der Waals surface area contributed by atoms with Crippen molar-refractivity contribution in [2.45, 2.75) is 33.0 Å². The maximum atomic E-state index is 12.8. The van der Waals surface area contributed by atoms with Crippen molar-refractivity contribution in [1.29, 1.82) is 0 Å². The number of anilines is 1. The lowest BCUT2D eigenvalue weighted by Gasteiger charge is -2.30. The zero-order valence-corrected chi connectivity index (χ0v) is 14.5. The number of hydrogen-bond donors (Lipinski definition) is 0. The zero-order chi connectivity index (χ0) is 17.6. The maximum absolute atomic E-state index is 12.8. The summed E-state index contributed by atoms with van der Waals surface area (Å²) in [5.74, 6) is 1.45. The molecule has 0 saturated carbocycles. The molecule has 3 aromatic heterocycles. The Kier molecular flexibility index (Phi) is 3.67. The molecule has 0 aromatic carbocycles. The molecule has 0 atom stereocenters. The smallest absolute Gasteiger partial charge is 0.264 e. The van der Waals surface area contributed by atoms with Gasteiger partial charge in [-0.05, 0) is 13.8 Å². The summed E-state index contributed by atoms with van der Waals surface area (Å²) in [6.07, 6.45) is 5.10. The van der Waals surface area contributed by atoms with Gasteiger partial charge in [-0.15, -0.1) is 0 Å². The van der Waals surface area contributed by atoms with Gasteiger partial charge in [0.15, 0.2) is 5.65 Å². The van der Waals surface area contributed by atoms with E-state index >= 15 is 0 Å². The number of ether oxygens (including phenoxy) is 1. The number of methoxy groups -OCH3 is 1. The van der Waals surface area contributed by atoms with Crippen LogP contribution in [0, 0.1) is 0 Å². The van der Waals surface area contributed by atoms with E-state index in [1.165, 1.54) is 0 Å². The van der Waals surface area contributed by atoms with E-state index in [0.29, 0.717) is 36.4 Å². The Morgan fingerprint density at radius 1 is 1.20 bits per heavy atom. The van der Waals surface area contributed by atoms with Gasteiger partial charge in [0.05, 0.1) is 37.9 Å². The average Bonchev–Trinajstić information content (AvgIpc) is 3.06. The molecule has 130 valence electrons. The van der Waals surface area contributed by atoms with Gasteiger partial charge in [0.2, 0.25) is 0 Å². The quantitative estimate of drug-likeness (QED) is 0.721. The highest BCUT2D eigenvalue weighted by Gasteiger charge is 2.22. The molecule has 8 nitrogen and oxygen atoms in total. The summed E-state index contributed by atoms with van der Waals surface area (Å²) in [5.41, 5.74) is 1.59. The van der Waals surface area contributed by atoms with Crippen LogP contribution in [0.25, 0.3) is 11.0 Å². The number of fused-ring (bicyclic) bond motifs is 2. The van der Waals surface area contributed by atoms with E-state index in [4.69, 9.17) is 9.72 Å². The van der Waals surface area contributed by atoms with Crippen LogP contribution in [-0.4, -0.2) is 38.0 Å². The number of pyridine rings is 1. The Balaban J connectivity index is 1.77. The predicted octanol–water partition coefficient (Wildman–Crippen LogP) is 1.60. The molecule has 0 unspecified atom stereocenters. The largest absolute Gasteiger partial charge is 0.495 e. The van der Waals surface area contributed by atoms with Gasteiger partial charge >= 0.3 is 0 Å². The lowest BCUT2D eigenvalue weighted by molar-refractivity contribution is 0.412. The van der Waals surface area contributed by atoms with Crippen molar-refractivity contribution in [1.82, 2.24) is 24.3 Å². The molecule has 8 heteroatoms. The van der Waals surface area contributed by atoms with Gasteiger partial charge in [0, 0.05) is 25.2 Å². The predicted molar refractivity (Wildman–Crippen MR) is 94.0 cm³/mol. The minimum Gasteiger partial charge on any atom is -0.495 e. The van der Waals surface area contributed by atoms with Gasteiger partial charge in [-0.1, -0.05) is 0 Å². The normalized spacial score (nSPS) is 14.2. The fraction of sp³-hybridized carbons (Fsp3) is 0.412. The third kappa shape index (κ3) is 2.54. The van der Waals surface area contributed by atoms with Crippen molar-refractivity contribution < 1.29 is 4.74 Å². The Bertz CT molecular complexity index is 990. The molecule has 0 spiro atoms. The van der Waals surface area contributed by atoms with E-state index in [2.05, 4.69) is 15.0 Å². The highest BCUT2D eigenvalue weighted by Crippen LogP contribution is 2.23. The van der Waals surface area contributed by atoms with Crippen molar-refractivity contribution in [2.75, 3.05) is 18.6 Å². The van der Waals surface area contributed by atoms with E-state index in [9.17, 15) is 4.79 Å². The SMILES string of the molecule is COc1cncc(N2CCn3c(nc4c(cnn4C(C)C)c3=O)C2)c1. The van der Waals surface area contributed by atoms with Crippen LogP contribution in [0.5, 0.6) is 5.75 Å². The second kappa shape index (κ2) is 5.87. The molecule has 0 fully saturated rings. The molecule has 1 aliphatic rings. The molecule has 4 rings (SSSR count). The first-order chi connectivity index (χ1) is 12.1. The summed E-state index contributed by atoms with van der Waals surface area (Å²) in [7, 11) is 1.62. The second-order valence-corrected chi connectivity index (χ2v) is 6.41. The molecule has 0 saturated heterocycles. The van der Waals surface area contributed by atoms with Crippen molar-refractivity contribution in [3.8, 4) is 5.75 Å². The summed E-state index contributed by atoms with van der Waals surface area (Å²) in [5, 5.41) is 4.91. The van der Waals surface area contributed by atoms with E-state index in [1.54, 1.807) is 34.9 Å². The van der Waals surface area contributed by atoms with Crippen molar-refractivity contribution >= 4 is 16.7 Å². The van der Waals surface area contributed by atoms with Crippen LogP contribution in [0.2, 0.25) is 0 Å². The molecule has 25 heavy (non-hydrogen) atoms. The minimum absolute atomic E-state index is 0.0182. The summed E-state index contributed by atoms with van der Waals surface area (Å²) < 4.78 is 8.80. The van der Waals surface area contributed by atoms with Crippen molar-refractivity contribution in [2.24, 2.45) is 0 Å². The van der Waals surface area contributed by atoms with Gasteiger partial charge in [-0.25, -0.2) is 9.67 Å². The first-order valence-electron chi connectivity index (χ1n) is 8.29. The van der Waals surface area contributed by atoms with E-state index < -0.39 is 0 Å². The fourth-order valence-electron chi connectivity index (χ4n) is 3.18. The lowest BCUT2D eigenvalue weighted by Crippen LogP contribution is -2.40. The first kappa shape index (κ1) is 15.6. The Morgan fingerprint density at radius 3 is 2.80 bits per heavy atom. The molecule has 0 amide bonds. The summed E-state index contributed by atoms with van der Waals surface area (Å²) in [4.78, 5) is 23.9. The first-order valence-corrected chi connectivity index (χ1v) is 8.29. The summed E-state index contributed by atoms with van der Waals surface area (Å²) >= 11 is 0. The van der Waals surface area contributed by atoms with Crippen LogP contribution in [0.3, 0.4) is 0 Å². The topological polar surface area (TPSA) is 78.1 Å². The van der Waals surface area contributed by atoms with Gasteiger partial charge in [0.25, 0.3) is 5.56 Å². The van der Waals surface area contributed by atoms with Gasteiger partial charge in [-0.3, -0.25) is 14.3 Å². The Hall–Kier alpha value is -2.90. The third-order valence-corrected chi connectivity index (χ3v) is 4.51. The molecule has 4 heterocycles. The average molecular weight is 340 g/mol. The third-order valence-electron chi connectivity index (χ3n) is 4.51. The van der Waals surface area contributed by atoms with E-state index in [1.807, 2.05) is 19.9 Å². The number of nitrogens with zero attached hydrogens (tertiary/aromatic N) is 6. The van der Waals surface area contributed by atoms with Crippen LogP contribution in [0.15, 0.2) is 29.5 Å². The minimum atomic E-state index is -0.0182. The number of rotatable bonds is 3. The summed E-state index contributed by atoms with van der Waals surface area (Å²) in [6, 6.07) is 2.09. The van der Waals surface area contributed by atoms with Crippen LogP contribution in [-0.2, 0) is 13.1 Å². The molecular weight excluding hydrogens is 320 g/mol. The van der Waals surface area contributed by atoms with E-state index in [-0.39, 0.29) is 11.6 Å². The molecule has 0 N–H and O–H groups in total. The van der Waals surface area contributed by atoms with Crippen LogP contribution in [0.1, 0.15) is 25.7 Å². The maximum Gasteiger partial charge on any atom is 0.264 e. The number of aromatic nitrogens is 5. The van der Waals surface area contributed by atoms with Crippen molar-refractivity contribution in [3.63, 3.8) is 0 Å². The van der Waals surface area contributed by atoms with Gasteiger partial charge in [-0.2, -0.15) is 5.10 Å².